The fraction of sp³-hybridized carbons (Fsp3) is 0.250. The second kappa shape index (κ2) is 4.71. The normalized spacial score (nSPS) is 23.6. The van der Waals surface area contributed by atoms with Gasteiger partial charge in [0.05, 0.1) is 0 Å². The first-order valence-electron chi connectivity index (χ1n) is 6.75. The van der Waals surface area contributed by atoms with Gasteiger partial charge in [0.1, 0.15) is 23.4 Å². The summed E-state index contributed by atoms with van der Waals surface area (Å²) in [7, 11) is 0. The summed E-state index contributed by atoms with van der Waals surface area (Å²) in [5.41, 5.74) is -0.326. The molecule has 22 heavy (non-hydrogen) atoms. The van der Waals surface area contributed by atoms with Gasteiger partial charge in [0, 0.05) is 29.7 Å². The second-order valence-electron chi connectivity index (χ2n) is 5.57. The quantitative estimate of drug-likeness (QED) is 0.513. The molecule has 0 radical (unpaired) electrons. The highest BCUT2D eigenvalue weighted by Gasteiger charge is 2.43. The summed E-state index contributed by atoms with van der Waals surface area (Å²) in [6.07, 6.45) is -0.862. The summed E-state index contributed by atoms with van der Waals surface area (Å²) in [6, 6.07) is 6.70. The summed E-state index contributed by atoms with van der Waals surface area (Å²) in [5.74, 6) is -0.626. The average molecular weight is 304 g/mol. The Morgan fingerprint density at radius 1 is 1.00 bits per heavy atom. The van der Waals surface area contributed by atoms with E-state index in [2.05, 4.69) is 0 Å². The largest absolute Gasteiger partial charge is 0.508 e. The molecule has 0 aliphatic carbocycles. The lowest BCUT2D eigenvalue weighted by Crippen LogP contribution is -2.46. The zero-order valence-corrected chi connectivity index (χ0v) is 11.8. The van der Waals surface area contributed by atoms with E-state index in [1.807, 2.05) is 0 Å². The molecule has 2 atom stereocenters. The van der Waals surface area contributed by atoms with Crippen LogP contribution >= 0.6 is 0 Å². The number of hydrogen-bond donors (Lipinski definition) is 5. The molecule has 0 amide bonds. The monoisotopic (exact) mass is 304 g/mol. The van der Waals surface area contributed by atoms with Crippen LogP contribution in [0.15, 0.2) is 30.3 Å². The summed E-state index contributed by atoms with van der Waals surface area (Å²) < 4.78 is 5.81. The second-order valence-corrected chi connectivity index (χ2v) is 5.57. The van der Waals surface area contributed by atoms with Crippen molar-refractivity contribution < 1.29 is 30.3 Å². The van der Waals surface area contributed by atoms with Crippen molar-refractivity contribution in [1.29, 1.82) is 0 Å². The first kappa shape index (κ1) is 14.3. The fourth-order valence-electron chi connectivity index (χ4n) is 2.68. The molecule has 0 spiro atoms. The number of ether oxygens (including phenoxy) is 1. The number of benzene rings is 2. The van der Waals surface area contributed by atoms with Gasteiger partial charge >= 0.3 is 0 Å². The molecular weight excluding hydrogens is 288 g/mol. The summed E-state index contributed by atoms with van der Waals surface area (Å²) in [5, 5.41) is 48.9. The Morgan fingerprint density at radius 2 is 1.73 bits per heavy atom. The van der Waals surface area contributed by atoms with E-state index in [-0.39, 0.29) is 35.2 Å². The van der Waals surface area contributed by atoms with Gasteiger partial charge in [0.25, 0.3) is 0 Å². The zero-order valence-electron chi connectivity index (χ0n) is 11.8. The number of aliphatic hydroxyl groups excluding tert-OH is 1. The number of phenolic OH excluding ortho intramolecular Hbond substituents is 4. The minimum atomic E-state index is -1.20. The lowest BCUT2D eigenvalue weighted by Gasteiger charge is -2.40. The maximum absolute atomic E-state index is 10.4. The van der Waals surface area contributed by atoms with Crippen molar-refractivity contribution in [2.24, 2.45) is 0 Å². The van der Waals surface area contributed by atoms with Crippen LogP contribution in [-0.4, -0.2) is 31.6 Å². The smallest absolute Gasteiger partial charge is 0.157 e. The maximum atomic E-state index is 10.4. The molecule has 0 saturated carbocycles. The average Bonchev–Trinajstić information content (AvgIpc) is 2.44. The van der Waals surface area contributed by atoms with Gasteiger partial charge in [-0.25, -0.2) is 0 Å². The van der Waals surface area contributed by atoms with Crippen molar-refractivity contribution in [2.75, 3.05) is 0 Å². The number of hydrogen-bond acceptors (Lipinski definition) is 6. The van der Waals surface area contributed by atoms with Crippen molar-refractivity contribution in [3.63, 3.8) is 0 Å². The van der Waals surface area contributed by atoms with Gasteiger partial charge in [-0.3, -0.25) is 0 Å². The lowest BCUT2D eigenvalue weighted by molar-refractivity contribution is -0.0597. The molecule has 0 saturated heterocycles. The predicted molar refractivity (Wildman–Crippen MR) is 77.2 cm³/mol. The van der Waals surface area contributed by atoms with Gasteiger partial charge in [-0.2, -0.15) is 0 Å². The van der Waals surface area contributed by atoms with E-state index in [1.54, 1.807) is 6.92 Å². The third-order valence-electron chi connectivity index (χ3n) is 4.07. The zero-order chi connectivity index (χ0) is 16.1. The van der Waals surface area contributed by atoms with Gasteiger partial charge < -0.3 is 30.3 Å². The fourth-order valence-corrected chi connectivity index (χ4v) is 2.68. The molecule has 1 unspecified atom stereocenters. The molecule has 2 aromatic carbocycles. The van der Waals surface area contributed by atoms with Crippen LogP contribution in [-0.2, 0) is 12.0 Å². The van der Waals surface area contributed by atoms with Crippen LogP contribution in [0.3, 0.4) is 0 Å². The van der Waals surface area contributed by atoms with E-state index in [0.717, 1.165) is 0 Å². The summed E-state index contributed by atoms with van der Waals surface area (Å²) in [6.45, 7) is 1.63. The van der Waals surface area contributed by atoms with Crippen LogP contribution in [0.5, 0.6) is 28.7 Å². The molecule has 5 N–H and O–H groups in total. The standard InChI is InChI=1S/C16H16O6/c1-16(8-2-3-11(18)13(20)4-8)15(21)7-10-12(19)5-9(17)6-14(10)22-16/h2-6,15,17-21H,7H2,1H3/t15-,16?/m1/s1. The molecule has 3 rings (SSSR count). The number of phenols is 4. The highest BCUT2D eigenvalue weighted by atomic mass is 16.5. The number of aromatic hydroxyl groups is 4. The van der Waals surface area contributed by atoms with Crippen LogP contribution in [0, 0.1) is 0 Å². The number of fused-ring (bicyclic) bond motifs is 1. The van der Waals surface area contributed by atoms with Gasteiger partial charge in [0.15, 0.2) is 17.1 Å². The third kappa shape index (κ3) is 2.08. The van der Waals surface area contributed by atoms with E-state index in [1.165, 1.54) is 30.3 Å². The predicted octanol–water partition coefficient (Wildman–Crippen LogP) is 1.72. The molecule has 2 aromatic rings. The number of rotatable bonds is 1. The molecule has 0 fully saturated rings. The van der Waals surface area contributed by atoms with Crippen molar-refractivity contribution in [3.05, 3.63) is 41.5 Å². The van der Waals surface area contributed by atoms with Crippen LogP contribution < -0.4 is 4.74 Å². The Labute approximate surface area is 126 Å². The summed E-state index contributed by atoms with van der Waals surface area (Å²) in [4.78, 5) is 0. The highest BCUT2D eigenvalue weighted by molar-refractivity contribution is 5.53. The third-order valence-corrected chi connectivity index (χ3v) is 4.07. The molecule has 1 heterocycles. The molecule has 0 bridgehead atoms. The van der Waals surface area contributed by atoms with Crippen molar-refractivity contribution in [1.82, 2.24) is 0 Å². The van der Waals surface area contributed by atoms with E-state index >= 15 is 0 Å². The Bertz CT molecular complexity index is 742. The van der Waals surface area contributed by atoms with Gasteiger partial charge in [-0.05, 0) is 19.1 Å². The molecule has 1 aliphatic heterocycles. The molecule has 6 nitrogen and oxygen atoms in total. The highest BCUT2D eigenvalue weighted by Crippen LogP contribution is 2.45. The minimum absolute atomic E-state index is 0.125. The van der Waals surface area contributed by atoms with Gasteiger partial charge in [-0.1, -0.05) is 6.07 Å². The van der Waals surface area contributed by atoms with Gasteiger partial charge in [-0.15, -0.1) is 0 Å². The molecule has 116 valence electrons. The van der Waals surface area contributed by atoms with Gasteiger partial charge in [0.2, 0.25) is 0 Å². The maximum Gasteiger partial charge on any atom is 0.157 e. The van der Waals surface area contributed by atoms with E-state index in [0.29, 0.717) is 11.1 Å². The topological polar surface area (TPSA) is 110 Å². The first-order valence-corrected chi connectivity index (χ1v) is 6.75. The van der Waals surface area contributed by atoms with E-state index in [4.69, 9.17) is 4.74 Å². The summed E-state index contributed by atoms with van der Waals surface area (Å²) >= 11 is 0. The Kier molecular flexibility index (Phi) is 3.07. The molecular formula is C16H16O6. The number of aliphatic hydroxyl groups is 1. The minimum Gasteiger partial charge on any atom is -0.508 e. The van der Waals surface area contributed by atoms with Crippen molar-refractivity contribution in [3.8, 4) is 28.7 Å². The lowest BCUT2D eigenvalue weighted by atomic mass is 9.83. The first-order chi connectivity index (χ1) is 10.3. The Balaban J connectivity index is 2.09. The Hall–Kier alpha value is -2.60. The van der Waals surface area contributed by atoms with Crippen LogP contribution in [0.2, 0.25) is 0 Å². The van der Waals surface area contributed by atoms with E-state index < -0.39 is 11.7 Å². The molecule has 1 aliphatic rings. The SMILES string of the molecule is CC1(c2ccc(O)c(O)c2)Oc2cc(O)cc(O)c2C[C@H]1O. The van der Waals surface area contributed by atoms with E-state index in [9.17, 15) is 25.5 Å². The van der Waals surface area contributed by atoms with Crippen LogP contribution in [0.4, 0.5) is 0 Å². The van der Waals surface area contributed by atoms with Crippen molar-refractivity contribution >= 4 is 0 Å². The van der Waals surface area contributed by atoms with Crippen LogP contribution in [0.1, 0.15) is 18.1 Å². The molecule has 6 heteroatoms. The van der Waals surface area contributed by atoms with Crippen molar-refractivity contribution in [2.45, 2.75) is 25.0 Å². The van der Waals surface area contributed by atoms with Crippen LogP contribution in [0.25, 0.3) is 0 Å². The molecule has 0 aromatic heterocycles. The Morgan fingerprint density at radius 3 is 2.41 bits per heavy atom.